The molecule has 0 radical (unpaired) electrons. The van der Waals surface area contributed by atoms with Crippen LogP contribution in [0.1, 0.15) is 27.2 Å². The zero-order chi connectivity index (χ0) is 11.6. The summed E-state index contributed by atoms with van der Waals surface area (Å²) < 4.78 is 1.94. The van der Waals surface area contributed by atoms with Crippen molar-refractivity contribution in [3.8, 4) is 11.3 Å². The molecule has 2 aromatic rings. The van der Waals surface area contributed by atoms with Crippen molar-refractivity contribution in [1.82, 2.24) is 15.0 Å². The first kappa shape index (κ1) is 11.3. The average Bonchev–Trinajstić information content (AvgIpc) is 2.86. The van der Waals surface area contributed by atoms with Gasteiger partial charge in [0.1, 0.15) is 5.69 Å². The number of rotatable bonds is 4. The summed E-state index contributed by atoms with van der Waals surface area (Å²) >= 11 is 1.68. The van der Waals surface area contributed by atoms with E-state index in [0.717, 1.165) is 24.2 Å². The van der Waals surface area contributed by atoms with Crippen molar-refractivity contribution in [2.45, 2.75) is 33.7 Å². The van der Waals surface area contributed by atoms with Crippen LogP contribution < -0.4 is 0 Å². The first-order valence-corrected chi connectivity index (χ1v) is 6.48. The number of nitrogens with zero attached hydrogens (tertiary/aromatic N) is 3. The maximum Gasteiger partial charge on any atom is 0.113 e. The third-order valence-corrected chi connectivity index (χ3v) is 3.59. The Bertz CT molecular complexity index is 443. The molecule has 4 heteroatoms. The minimum atomic E-state index is 0.277. The summed E-state index contributed by atoms with van der Waals surface area (Å²) in [6.45, 7) is 7.62. The van der Waals surface area contributed by atoms with Crippen LogP contribution in [0.25, 0.3) is 11.3 Å². The summed E-state index contributed by atoms with van der Waals surface area (Å²) in [4.78, 5) is 0. The van der Waals surface area contributed by atoms with E-state index in [2.05, 4.69) is 47.9 Å². The van der Waals surface area contributed by atoms with Crippen LogP contribution in [-0.4, -0.2) is 15.0 Å². The highest BCUT2D eigenvalue weighted by molar-refractivity contribution is 7.08. The van der Waals surface area contributed by atoms with E-state index in [9.17, 15) is 0 Å². The van der Waals surface area contributed by atoms with E-state index in [0.29, 0.717) is 0 Å². The lowest BCUT2D eigenvalue weighted by molar-refractivity contribution is 0.277. The molecule has 0 fully saturated rings. The number of thiophene rings is 1. The standard InChI is InChI=1S/C12H17N3S/c1-4-12(2,3)9-15-7-11(13-14-15)10-5-6-16-8-10/h5-8H,4,9H2,1-3H3. The molecule has 2 rings (SSSR count). The van der Waals surface area contributed by atoms with E-state index in [-0.39, 0.29) is 5.41 Å². The van der Waals surface area contributed by atoms with Gasteiger partial charge in [0.2, 0.25) is 0 Å². The van der Waals surface area contributed by atoms with Crippen molar-refractivity contribution in [3.05, 3.63) is 23.0 Å². The van der Waals surface area contributed by atoms with Crippen molar-refractivity contribution >= 4 is 11.3 Å². The summed E-state index contributed by atoms with van der Waals surface area (Å²) in [6, 6.07) is 2.07. The molecule has 0 aromatic carbocycles. The zero-order valence-electron chi connectivity index (χ0n) is 9.97. The summed E-state index contributed by atoms with van der Waals surface area (Å²) in [5.41, 5.74) is 2.40. The SMILES string of the molecule is CCC(C)(C)Cn1cc(-c2ccsc2)nn1. The lowest BCUT2D eigenvalue weighted by Crippen LogP contribution is -2.18. The molecule has 3 nitrogen and oxygen atoms in total. The number of aromatic nitrogens is 3. The molecule has 0 aliphatic rings. The van der Waals surface area contributed by atoms with Crippen LogP contribution in [0.15, 0.2) is 23.0 Å². The highest BCUT2D eigenvalue weighted by Gasteiger charge is 2.17. The lowest BCUT2D eigenvalue weighted by Gasteiger charge is -2.21. The van der Waals surface area contributed by atoms with Crippen LogP contribution in [0.4, 0.5) is 0 Å². The van der Waals surface area contributed by atoms with E-state index >= 15 is 0 Å². The Kier molecular flexibility index (Phi) is 3.10. The Balaban J connectivity index is 2.14. The van der Waals surface area contributed by atoms with E-state index in [4.69, 9.17) is 0 Å². The van der Waals surface area contributed by atoms with Crippen LogP contribution in [0.5, 0.6) is 0 Å². The smallest absolute Gasteiger partial charge is 0.113 e. The van der Waals surface area contributed by atoms with Gasteiger partial charge < -0.3 is 0 Å². The predicted molar refractivity (Wildman–Crippen MR) is 67.4 cm³/mol. The normalized spacial score (nSPS) is 11.9. The molecule has 0 unspecified atom stereocenters. The maximum atomic E-state index is 4.20. The molecule has 2 heterocycles. The highest BCUT2D eigenvalue weighted by Crippen LogP contribution is 2.23. The fourth-order valence-corrected chi connectivity index (χ4v) is 2.12. The average molecular weight is 235 g/mol. The molecule has 0 N–H and O–H groups in total. The van der Waals surface area contributed by atoms with Gasteiger partial charge in [-0.1, -0.05) is 26.0 Å². The molecule has 0 amide bonds. The van der Waals surface area contributed by atoms with Crippen LogP contribution in [0.2, 0.25) is 0 Å². The highest BCUT2D eigenvalue weighted by atomic mass is 32.1. The van der Waals surface area contributed by atoms with Gasteiger partial charge in [-0.15, -0.1) is 5.10 Å². The lowest BCUT2D eigenvalue weighted by atomic mass is 9.90. The predicted octanol–water partition coefficient (Wildman–Crippen LogP) is 3.44. The van der Waals surface area contributed by atoms with Gasteiger partial charge in [0.25, 0.3) is 0 Å². The van der Waals surface area contributed by atoms with E-state index in [1.807, 2.05) is 10.9 Å². The van der Waals surface area contributed by atoms with E-state index in [1.165, 1.54) is 0 Å². The molecule has 0 bridgehead atoms. The van der Waals surface area contributed by atoms with Crippen LogP contribution in [0.3, 0.4) is 0 Å². The Labute approximate surface area is 100 Å². The summed E-state index contributed by atoms with van der Waals surface area (Å²) in [6.07, 6.45) is 3.17. The van der Waals surface area contributed by atoms with Gasteiger partial charge in [0.15, 0.2) is 0 Å². The molecular formula is C12H17N3S. The monoisotopic (exact) mass is 235 g/mol. The Morgan fingerprint density at radius 3 is 2.88 bits per heavy atom. The molecule has 16 heavy (non-hydrogen) atoms. The fraction of sp³-hybridized carbons (Fsp3) is 0.500. The molecule has 0 spiro atoms. The zero-order valence-corrected chi connectivity index (χ0v) is 10.8. The van der Waals surface area contributed by atoms with Crippen LogP contribution in [-0.2, 0) is 6.54 Å². The van der Waals surface area contributed by atoms with Crippen molar-refractivity contribution in [2.75, 3.05) is 0 Å². The van der Waals surface area contributed by atoms with E-state index < -0.39 is 0 Å². The number of hydrogen-bond acceptors (Lipinski definition) is 3. The molecule has 2 aromatic heterocycles. The van der Waals surface area contributed by atoms with Crippen molar-refractivity contribution in [1.29, 1.82) is 0 Å². The Hall–Kier alpha value is -1.16. The molecule has 0 saturated carbocycles. The van der Waals surface area contributed by atoms with Crippen LogP contribution in [0, 0.1) is 5.41 Å². The van der Waals surface area contributed by atoms with Gasteiger partial charge in [-0.25, -0.2) is 0 Å². The Morgan fingerprint density at radius 1 is 1.44 bits per heavy atom. The van der Waals surface area contributed by atoms with Crippen LogP contribution >= 0.6 is 11.3 Å². The molecule has 0 atom stereocenters. The number of hydrogen-bond donors (Lipinski definition) is 0. The van der Waals surface area contributed by atoms with Gasteiger partial charge in [-0.05, 0) is 23.3 Å². The first-order chi connectivity index (χ1) is 7.61. The molecule has 0 aliphatic carbocycles. The largest absolute Gasteiger partial charge is 0.251 e. The third-order valence-electron chi connectivity index (χ3n) is 2.90. The minimum Gasteiger partial charge on any atom is -0.251 e. The van der Waals surface area contributed by atoms with Crippen molar-refractivity contribution in [2.24, 2.45) is 5.41 Å². The maximum absolute atomic E-state index is 4.20. The molecule has 0 aliphatic heterocycles. The van der Waals surface area contributed by atoms with Gasteiger partial charge in [0, 0.05) is 17.5 Å². The summed E-state index contributed by atoms with van der Waals surface area (Å²) in [5, 5.41) is 12.5. The summed E-state index contributed by atoms with van der Waals surface area (Å²) in [5.74, 6) is 0. The molecule has 0 saturated heterocycles. The van der Waals surface area contributed by atoms with E-state index in [1.54, 1.807) is 11.3 Å². The Morgan fingerprint density at radius 2 is 2.25 bits per heavy atom. The van der Waals surface area contributed by atoms with Gasteiger partial charge in [0.05, 0.1) is 6.20 Å². The molecule has 86 valence electrons. The van der Waals surface area contributed by atoms with Crippen molar-refractivity contribution in [3.63, 3.8) is 0 Å². The summed E-state index contributed by atoms with van der Waals surface area (Å²) in [7, 11) is 0. The topological polar surface area (TPSA) is 30.7 Å². The second-order valence-electron chi connectivity index (χ2n) is 4.83. The third kappa shape index (κ3) is 2.50. The second kappa shape index (κ2) is 4.37. The molecular weight excluding hydrogens is 218 g/mol. The van der Waals surface area contributed by atoms with Gasteiger partial charge in [-0.2, -0.15) is 11.3 Å². The first-order valence-electron chi connectivity index (χ1n) is 5.53. The quantitative estimate of drug-likeness (QED) is 0.812. The van der Waals surface area contributed by atoms with Gasteiger partial charge in [-0.3, -0.25) is 4.68 Å². The van der Waals surface area contributed by atoms with Gasteiger partial charge >= 0.3 is 0 Å². The second-order valence-corrected chi connectivity index (χ2v) is 5.61. The minimum absolute atomic E-state index is 0.277. The fourth-order valence-electron chi connectivity index (χ4n) is 1.47. The van der Waals surface area contributed by atoms with Crippen molar-refractivity contribution < 1.29 is 0 Å².